The molecular formula is C28H28Cl3FN2O2S. The molecule has 0 heterocycles. The van der Waals surface area contributed by atoms with E-state index >= 15 is 0 Å². The third-order valence-electron chi connectivity index (χ3n) is 5.63. The molecule has 0 aliphatic carbocycles. The van der Waals surface area contributed by atoms with E-state index in [2.05, 4.69) is 5.32 Å². The molecule has 2 amide bonds. The molecule has 3 rings (SSSR count). The van der Waals surface area contributed by atoms with Crippen molar-refractivity contribution in [2.45, 2.75) is 44.6 Å². The third kappa shape index (κ3) is 8.37. The Morgan fingerprint density at radius 1 is 0.892 bits per heavy atom. The molecule has 1 N–H and O–H groups in total. The minimum Gasteiger partial charge on any atom is -0.352 e. The molecule has 0 aliphatic heterocycles. The van der Waals surface area contributed by atoms with Crippen molar-refractivity contribution in [1.29, 1.82) is 0 Å². The Labute approximate surface area is 236 Å². The van der Waals surface area contributed by atoms with E-state index in [0.717, 1.165) is 5.56 Å². The second-order valence-electron chi connectivity index (χ2n) is 8.78. The van der Waals surface area contributed by atoms with Gasteiger partial charge in [0.25, 0.3) is 0 Å². The van der Waals surface area contributed by atoms with E-state index in [1.54, 1.807) is 24.3 Å². The highest BCUT2D eigenvalue weighted by molar-refractivity contribution is 7.99. The van der Waals surface area contributed by atoms with Crippen molar-refractivity contribution >= 4 is 58.4 Å². The van der Waals surface area contributed by atoms with Crippen LogP contribution in [-0.4, -0.2) is 34.6 Å². The van der Waals surface area contributed by atoms with Gasteiger partial charge in [0.1, 0.15) is 11.9 Å². The van der Waals surface area contributed by atoms with Gasteiger partial charge in [0.15, 0.2) is 0 Å². The van der Waals surface area contributed by atoms with Gasteiger partial charge in [-0.05, 0) is 43.7 Å². The van der Waals surface area contributed by atoms with Crippen LogP contribution < -0.4 is 5.32 Å². The topological polar surface area (TPSA) is 49.4 Å². The van der Waals surface area contributed by atoms with Gasteiger partial charge in [0.2, 0.25) is 11.8 Å². The number of rotatable bonds is 11. The van der Waals surface area contributed by atoms with Crippen LogP contribution in [0.3, 0.4) is 0 Å². The first kappa shape index (κ1) is 29.3. The van der Waals surface area contributed by atoms with Crippen molar-refractivity contribution < 1.29 is 14.0 Å². The maximum absolute atomic E-state index is 14.2. The van der Waals surface area contributed by atoms with Crippen molar-refractivity contribution in [1.82, 2.24) is 10.2 Å². The predicted octanol–water partition coefficient (Wildman–Crippen LogP) is 7.18. The first-order valence-electron chi connectivity index (χ1n) is 11.7. The van der Waals surface area contributed by atoms with Crippen molar-refractivity contribution in [3.05, 3.63) is 104 Å². The predicted molar refractivity (Wildman–Crippen MR) is 152 cm³/mol. The smallest absolute Gasteiger partial charge is 0.243 e. The monoisotopic (exact) mass is 580 g/mol. The van der Waals surface area contributed by atoms with E-state index in [-0.39, 0.29) is 35.9 Å². The summed E-state index contributed by atoms with van der Waals surface area (Å²) in [7, 11) is 0. The van der Waals surface area contributed by atoms with Gasteiger partial charge >= 0.3 is 0 Å². The number of nitrogens with one attached hydrogen (secondary N) is 1. The standard InChI is InChI=1S/C28H28Cl3FN2O2S/c1-18(2)33-28(36)26(14-19-8-4-3-5-9-19)34(15-20-22(29)10-6-11-23(20)30)27(35)17-37-16-21-24(31)12-7-13-25(21)32/h3-13,18,26H,14-17H2,1-2H3,(H,33,36)/t26-/m1/s1. The number of benzene rings is 3. The van der Waals surface area contributed by atoms with E-state index in [9.17, 15) is 14.0 Å². The maximum Gasteiger partial charge on any atom is 0.243 e. The lowest BCUT2D eigenvalue weighted by Crippen LogP contribution is -2.52. The zero-order valence-electron chi connectivity index (χ0n) is 20.5. The normalized spacial score (nSPS) is 11.9. The molecule has 0 saturated carbocycles. The van der Waals surface area contributed by atoms with E-state index in [1.165, 1.54) is 28.8 Å². The van der Waals surface area contributed by atoms with Crippen LogP contribution in [0.2, 0.25) is 15.1 Å². The highest BCUT2D eigenvalue weighted by atomic mass is 35.5. The SMILES string of the molecule is CC(C)NC(=O)[C@@H](Cc1ccccc1)N(Cc1c(Cl)cccc1Cl)C(=O)CSCc1c(F)cccc1Cl. The summed E-state index contributed by atoms with van der Waals surface area (Å²) in [5, 5.41) is 4.04. The minimum absolute atomic E-state index is 0.00693. The van der Waals surface area contributed by atoms with Crippen molar-refractivity contribution in [3.8, 4) is 0 Å². The largest absolute Gasteiger partial charge is 0.352 e. The second-order valence-corrected chi connectivity index (χ2v) is 11.0. The molecule has 0 bridgehead atoms. The Morgan fingerprint density at radius 3 is 2.08 bits per heavy atom. The van der Waals surface area contributed by atoms with Crippen molar-refractivity contribution in [3.63, 3.8) is 0 Å². The molecule has 0 fully saturated rings. The quantitative estimate of drug-likeness (QED) is 0.261. The van der Waals surface area contributed by atoms with Gasteiger partial charge < -0.3 is 10.2 Å². The lowest BCUT2D eigenvalue weighted by atomic mass is 10.0. The van der Waals surface area contributed by atoms with Gasteiger partial charge in [0.05, 0.1) is 5.75 Å². The van der Waals surface area contributed by atoms with Gasteiger partial charge in [-0.2, -0.15) is 0 Å². The number of amides is 2. The molecule has 0 saturated heterocycles. The number of thioether (sulfide) groups is 1. The lowest BCUT2D eigenvalue weighted by Gasteiger charge is -2.32. The number of halogens is 4. The Balaban J connectivity index is 1.91. The first-order chi connectivity index (χ1) is 17.7. The number of nitrogens with zero attached hydrogens (tertiary/aromatic N) is 1. The summed E-state index contributed by atoms with van der Waals surface area (Å²) >= 11 is 20.3. The molecule has 0 unspecified atom stereocenters. The molecule has 37 heavy (non-hydrogen) atoms. The number of hydrogen-bond acceptors (Lipinski definition) is 3. The van der Waals surface area contributed by atoms with Crippen LogP contribution in [0.25, 0.3) is 0 Å². The Hall–Kier alpha value is -2.25. The fourth-order valence-corrected chi connectivity index (χ4v) is 5.55. The second kappa shape index (κ2) is 14.1. The molecule has 9 heteroatoms. The summed E-state index contributed by atoms with van der Waals surface area (Å²) in [5.41, 5.74) is 1.79. The van der Waals surface area contributed by atoms with Crippen LogP contribution in [-0.2, 0) is 28.3 Å². The molecular weight excluding hydrogens is 554 g/mol. The average molecular weight is 582 g/mol. The highest BCUT2D eigenvalue weighted by Crippen LogP contribution is 2.29. The fourth-order valence-electron chi connectivity index (χ4n) is 3.78. The molecule has 3 aromatic carbocycles. The van der Waals surface area contributed by atoms with Gasteiger partial charge in [-0.15, -0.1) is 11.8 Å². The van der Waals surface area contributed by atoms with E-state index in [4.69, 9.17) is 34.8 Å². The van der Waals surface area contributed by atoms with Crippen molar-refractivity contribution in [2.75, 3.05) is 5.75 Å². The Bertz CT molecular complexity index is 1190. The minimum atomic E-state index is -0.817. The zero-order valence-corrected chi connectivity index (χ0v) is 23.6. The lowest BCUT2D eigenvalue weighted by molar-refractivity contribution is -0.139. The number of hydrogen-bond donors (Lipinski definition) is 1. The van der Waals surface area contributed by atoms with Crippen molar-refractivity contribution in [2.24, 2.45) is 0 Å². The molecule has 196 valence electrons. The van der Waals surface area contributed by atoms with Crippen LogP contribution in [0, 0.1) is 5.82 Å². The van der Waals surface area contributed by atoms with Gasteiger partial charge in [-0.25, -0.2) is 4.39 Å². The van der Waals surface area contributed by atoms with Gasteiger partial charge in [-0.1, -0.05) is 77.3 Å². The van der Waals surface area contributed by atoms with E-state index in [1.807, 2.05) is 44.2 Å². The number of carbonyl (C=O) groups is 2. The van der Waals surface area contributed by atoms with E-state index in [0.29, 0.717) is 32.6 Å². The number of carbonyl (C=O) groups excluding carboxylic acids is 2. The summed E-state index contributed by atoms with van der Waals surface area (Å²) in [5.74, 6) is -0.789. The molecule has 0 aromatic heterocycles. The molecule has 3 aromatic rings. The Morgan fingerprint density at radius 2 is 1.49 bits per heavy atom. The van der Waals surface area contributed by atoms with Crippen LogP contribution >= 0.6 is 46.6 Å². The molecule has 4 nitrogen and oxygen atoms in total. The highest BCUT2D eigenvalue weighted by Gasteiger charge is 2.31. The summed E-state index contributed by atoms with van der Waals surface area (Å²) in [4.78, 5) is 28.6. The fraction of sp³-hybridized carbons (Fsp3) is 0.286. The molecule has 1 atom stereocenters. The zero-order chi connectivity index (χ0) is 26.9. The maximum atomic E-state index is 14.2. The average Bonchev–Trinajstić information content (AvgIpc) is 2.84. The summed E-state index contributed by atoms with van der Waals surface area (Å²) in [6.07, 6.45) is 0.303. The van der Waals surface area contributed by atoms with Crippen LogP contribution in [0.4, 0.5) is 4.39 Å². The molecule has 0 aliphatic rings. The first-order valence-corrected chi connectivity index (χ1v) is 14.0. The van der Waals surface area contributed by atoms with E-state index < -0.39 is 11.9 Å². The Kier molecular flexibility index (Phi) is 11.1. The summed E-state index contributed by atoms with van der Waals surface area (Å²) in [6.45, 7) is 3.77. The van der Waals surface area contributed by atoms with Crippen LogP contribution in [0.5, 0.6) is 0 Å². The van der Waals surface area contributed by atoms with Gasteiger partial charge in [-0.3, -0.25) is 9.59 Å². The van der Waals surface area contributed by atoms with Crippen LogP contribution in [0.1, 0.15) is 30.5 Å². The third-order valence-corrected chi connectivity index (χ3v) is 7.63. The molecule has 0 radical (unpaired) electrons. The molecule has 0 spiro atoms. The summed E-state index contributed by atoms with van der Waals surface area (Å²) in [6, 6.07) is 18.1. The van der Waals surface area contributed by atoms with Gasteiger partial charge in [0, 0.05) is 51.0 Å². The van der Waals surface area contributed by atoms with Crippen LogP contribution in [0.15, 0.2) is 66.7 Å². The summed E-state index contributed by atoms with van der Waals surface area (Å²) < 4.78 is 14.2.